The first-order valence-corrected chi connectivity index (χ1v) is 15.3. The number of ether oxygens (including phenoxy) is 2. The van der Waals surface area contributed by atoms with Crippen LogP contribution in [0.3, 0.4) is 0 Å². The van der Waals surface area contributed by atoms with E-state index in [0.29, 0.717) is 12.3 Å². The van der Waals surface area contributed by atoms with Crippen LogP contribution in [0.4, 0.5) is 0 Å². The van der Waals surface area contributed by atoms with Crippen molar-refractivity contribution in [3.63, 3.8) is 0 Å². The number of esters is 2. The molecule has 0 unspecified atom stereocenters. The van der Waals surface area contributed by atoms with Gasteiger partial charge in [0.1, 0.15) is 17.8 Å². The molecule has 0 aliphatic heterocycles. The van der Waals surface area contributed by atoms with Gasteiger partial charge in [-0.2, -0.15) is 0 Å². The van der Waals surface area contributed by atoms with E-state index in [9.17, 15) is 19.5 Å². The van der Waals surface area contributed by atoms with E-state index >= 15 is 0 Å². The summed E-state index contributed by atoms with van der Waals surface area (Å²) in [6, 6.07) is 7.93. The van der Waals surface area contributed by atoms with Crippen molar-refractivity contribution in [3.8, 4) is 0 Å². The van der Waals surface area contributed by atoms with Crippen molar-refractivity contribution in [2.45, 2.75) is 103 Å². The second kappa shape index (κ2) is 10.2. The predicted molar refractivity (Wildman–Crippen MR) is 151 cm³/mol. The monoisotopic (exact) mass is 636 g/mol. The summed E-state index contributed by atoms with van der Waals surface area (Å²) >= 11 is 2.25. The van der Waals surface area contributed by atoms with Gasteiger partial charge in [0.05, 0.1) is 6.42 Å². The Balaban J connectivity index is 1.45. The van der Waals surface area contributed by atoms with Crippen molar-refractivity contribution in [1.82, 2.24) is 0 Å². The van der Waals surface area contributed by atoms with E-state index in [1.807, 2.05) is 24.3 Å². The van der Waals surface area contributed by atoms with Crippen LogP contribution in [-0.2, 0) is 30.3 Å². The first-order valence-electron chi connectivity index (χ1n) is 14.2. The highest BCUT2D eigenvalue weighted by atomic mass is 127. The lowest BCUT2D eigenvalue weighted by Crippen LogP contribution is -2.62. The molecule has 0 saturated heterocycles. The number of benzene rings is 1. The highest BCUT2D eigenvalue weighted by Gasteiger charge is 2.68. The lowest BCUT2D eigenvalue weighted by atomic mass is 9.43. The normalized spacial score (nSPS) is 41.8. The zero-order valence-corrected chi connectivity index (χ0v) is 25.2. The number of hydrogen-bond acceptors (Lipinski definition) is 6. The summed E-state index contributed by atoms with van der Waals surface area (Å²) in [6.07, 6.45) is 6.17. The largest absolute Gasteiger partial charge is 0.463 e. The van der Waals surface area contributed by atoms with Gasteiger partial charge in [0.25, 0.3) is 0 Å². The number of hydrogen-bond donors (Lipinski definition) is 1. The Morgan fingerprint density at radius 1 is 0.947 bits per heavy atom. The maximum atomic E-state index is 13.3. The molecule has 1 aromatic carbocycles. The van der Waals surface area contributed by atoms with Crippen molar-refractivity contribution in [3.05, 3.63) is 33.4 Å². The van der Waals surface area contributed by atoms with Crippen molar-refractivity contribution in [2.75, 3.05) is 0 Å². The number of ketones is 1. The first kappa shape index (κ1) is 28.1. The van der Waals surface area contributed by atoms with Gasteiger partial charge in [-0.3, -0.25) is 14.4 Å². The molecule has 4 fully saturated rings. The number of rotatable bonds is 5. The van der Waals surface area contributed by atoms with Crippen LogP contribution in [-0.4, -0.2) is 40.6 Å². The van der Waals surface area contributed by atoms with E-state index in [0.717, 1.165) is 54.1 Å². The van der Waals surface area contributed by atoms with Crippen LogP contribution in [0.15, 0.2) is 24.3 Å². The van der Waals surface area contributed by atoms with Gasteiger partial charge >= 0.3 is 11.9 Å². The summed E-state index contributed by atoms with van der Waals surface area (Å²) < 4.78 is 13.1. The van der Waals surface area contributed by atoms with E-state index in [4.69, 9.17) is 9.47 Å². The van der Waals surface area contributed by atoms with Crippen LogP contribution in [0.5, 0.6) is 0 Å². The summed E-state index contributed by atoms with van der Waals surface area (Å²) in [5, 5.41) is 11.6. The molecule has 0 radical (unpaired) electrons. The SMILES string of the molecule is CC(=O)O[C@H]1CC[C@@]2(C)[C@@H](C1)C[C@H](OC(=O)Cc1ccc(I)cc1)[C@@H]1[C@@H]2CC[C@@]2(C)[C@H]1CC[C@]2(O)C(C)=O. The fourth-order valence-corrected chi connectivity index (χ4v) is 9.56. The molecule has 4 aliphatic rings. The van der Waals surface area contributed by atoms with Crippen LogP contribution in [0.2, 0.25) is 0 Å². The molecule has 0 spiro atoms. The van der Waals surface area contributed by atoms with Gasteiger partial charge < -0.3 is 14.6 Å². The fraction of sp³-hybridized carbons (Fsp3) is 0.710. The van der Waals surface area contributed by atoms with E-state index in [1.54, 1.807) is 0 Å². The Bertz CT molecular complexity index is 1100. The number of fused-ring (bicyclic) bond motifs is 5. The third kappa shape index (κ3) is 4.63. The van der Waals surface area contributed by atoms with E-state index in [2.05, 4.69) is 36.4 Å². The van der Waals surface area contributed by atoms with Crippen LogP contribution >= 0.6 is 22.6 Å². The molecule has 0 amide bonds. The first-order chi connectivity index (χ1) is 17.9. The standard InChI is InChI=1S/C31H41IO6/c1-18(33)31(36)14-11-25-28-24(10-13-30(25,31)4)29(3)12-9-23(37-19(2)34)16-21(29)17-26(28)38-27(35)15-20-5-7-22(32)8-6-20/h5-8,21,23-26,28,36H,9-17H2,1-4H3/t21-,23-,24-,25-,26-,28+,29-,30-,31-/m0/s1. The van der Waals surface area contributed by atoms with Crippen LogP contribution < -0.4 is 0 Å². The number of halogens is 1. The third-order valence-electron chi connectivity index (χ3n) is 11.2. The smallest absolute Gasteiger partial charge is 0.310 e. The third-order valence-corrected chi connectivity index (χ3v) is 11.9. The molecule has 4 saturated carbocycles. The zero-order valence-electron chi connectivity index (χ0n) is 23.0. The molecule has 9 atom stereocenters. The molecule has 0 aromatic heterocycles. The summed E-state index contributed by atoms with van der Waals surface area (Å²) in [5.74, 6) is 0.242. The predicted octanol–water partition coefficient (Wildman–Crippen LogP) is 5.65. The molecule has 1 aromatic rings. The Morgan fingerprint density at radius 3 is 2.29 bits per heavy atom. The van der Waals surface area contributed by atoms with Crippen molar-refractivity contribution in [1.29, 1.82) is 0 Å². The Morgan fingerprint density at radius 2 is 1.63 bits per heavy atom. The van der Waals surface area contributed by atoms with Gasteiger partial charge in [-0.1, -0.05) is 26.0 Å². The number of carbonyl (C=O) groups is 3. The van der Waals surface area contributed by atoms with Crippen molar-refractivity contribution in [2.24, 2.45) is 34.5 Å². The summed E-state index contributed by atoms with van der Waals surface area (Å²) in [5.41, 5.74) is -0.846. The average molecular weight is 637 g/mol. The molecule has 38 heavy (non-hydrogen) atoms. The average Bonchev–Trinajstić information content (AvgIpc) is 3.13. The highest BCUT2D eigenvalue weighted by molar-refractivity contribution is 14.1. The van der Waals surface area contributed by atoms with E-state index in [1.165, 1.54) is 13.8 Å². The molecule has 5 rings (SSSR count). The Hall–Kier alpha value is -1.48. The maximum Gasteiger partial charge on any atom is 0.310 e. The zero-order chi connectivity index (χ0) is 27.5. The number of Topliss-reactive ketones (excluding diaryl/α,β-unsaturated/α-hetero) is 1. The molecule has 0 heterocycles. The molecule has 7 heteroatoms. The molecule has 208 valence electrons. The minimum Gasteiger partial charge on any atom is -0.463 e. The van der Waals surface area contributed by atoms with Crippen molar-refractivity contribution < 1.29 is 29.0 Å². The molecular formula is C31H41IO6. The van der Waals surface area contributed by atoms with E-state index < -0.39 is 11.0 Å². The van der Waals surface area contributed by atoms with Gasteiger partial charge in [0, 0.05) is 21.8 Å². The molecule has 4 aliphatic carbocycles. The number of carbonyl (C=O) groups excluding carboxylic acids is 3. The summed E-state index contributed by atoms with van der Waals surface area (Å²) in [7, 11) is 0. The van der Waals surface area contributed by atoms with Gasteiger partial charge in [-0.15, -0.1) is 0 Å². The minimum absolute atomic E-state index is 0.0542. The highest BCUT2D eigenvalue weighted by Crippen LogP contribution is 2.68. The quantitative estimate of drug-likeness (QED) is 0.332. The molecule has 6 nitrogen and oxygen atoms in total. The van der Waals surface area contributed by atoms with Crippen LogP contribution in [0.1, 0.15) is 84.6 Å². The Kier molecular flexibility index (Phi) is 7.51. The number of aliphatic hydroxyl groups is 1. The summed E-state index contributed by atoms with van der Waals surface area (Å²) in [4.78, 5) is 37.7. The van der Waals surface area contributed by atoms with Crippen LogP contribution in [0.25, 0.3) is 0 Å². The second-order valence-corrected chi connectivity index (χ2v) is 14.2. The second-order valence-electron chi connectivity index (χ2n) is 13.0. The Labute approximate surface area is 239 Å². The topological polar surface area (TPSA) is 89.9 Å². The fourth-order valence-electron chi connectivity index (χ4n) is 9.20. The van der Waals surface area contributed by atoms with Gasteiger partial charge in [-0.05, 0) is 122 Å². The molecular weight excluding hydrogens is 595 g/mol. The summed E-state index contributed by atoms with van der Waals surface area (Å²) in [6.45, 7) is 7.47. The molecule has 1 N–H and O–H groups in total. The minimum atomic E-state index is -1.32. The van der Waals surface area contributed by atoms with Crippen molar-refractivity contribution >= 4 is 40.3 Å². The van der Waals surface area contributed by atoms with Gasteiger partial charge in [0.15, 0.2) is 5.78 Å². The van der Waals surface area contributed by atoms with Gasteiger partial charge in [-0.25, -0.2) is 0 Å². The molecule has 0 bridgehead atoms. The lowest BCUT2D eigenvalue weighted by Gasteiger charge is -2.63. The van der Waals surface area contributed by atoms with Gasteiger partial charge in [0.2, 0.25) is 0 Å². The van der Waals surface area contributed by atoms with E-state index in [-0.39, 0.29) is 59.5 Å². The lowest BCUT2D eigenvalue weighted by molar-refractivity contribution is -0.207. The maximum absolute atomic E-state index is 13.3. The van der Waals surface area contributed by atoms with Crippen LogP contribution in [0, 0.1) is 38.1 Å².